The molecular formula is C8H13N3O3. The molecule has 78 valence electrons. The van der Waals surface area contributed by atoms with Gasteiger partial charge in [0.15, 0.2) is 0 Å². The summed E-state index contributed by atoms with van der Waals surface area (Å²) in [5, 5.41) is 13.6. The lowest BCUT2D eigenvalue weighted by Gasteiger charge is -2.20. The van der Waals surface area contributed by atoms with E-state index >= 15 is 0 Å². The topological polar surface area (TPSA) is 90.8 Å². The number of aliphatic hydroxyl groups is 1. The first-order valence-corrected chi connectivity index (χ1v) is 4.34. The molecule has 1 rings (SSSR count). The van der Waals surface area contributed by atoms with Gasteiger partial charge in [0.1, 0.15) is 0 Å². The van der Waals surface area contributed by atoms with Crippen LogP contribution in [-0.2, 0) is 9.59 Å². The average molecular weight is 199 g/mol. The number of nitrogens with one attached hydrogen (secondary N) is 2. The van der Waals surface area contributed by atoms with Crippen LogP contribution in [0.15, 0.2) is 4.99 Å². The number of carbonyl (C=O) groups excluding carboxylic acids is 2. The highest BCUT2D eigenvalue weighted by Crippen LogP contribution is 2.13. The van der Waals surface area contributed by atoms with Crippen molar-refractivity contribution in [3.05, 3.63) is 0 Å². The van der Waals surface area contributed by atoms with E-state index in [-0.39, 0.29) is 12.6 Å². The fraction of sp³-hybridized carbons (Fsp3) is 0.625. The van der Waals surface area contributed by atoms with E-state index < -0.39 is 17.4 Å². The molecule has 0 aromatic carbocycles. The van der Waals surface area contributed by atoms with Crippen LogP contribution in [0, 0.1) is 0 Å². The minimum Gasteiger partial charge on any atom is -0.394 e. The van der Waals surface area contributed by atoms with E-state index in [4.69, 9.17) is 5.11 Å². The molecule has 3 N–H and O–H groups in total. The third-order valence-corrected chi connectivity index (χ3v) is 2.15. The van der Waals surface area contributed by atoms with Crippen LogP contribution in [0.2, 0.25) is 0 Å². The number of hydrogen-bond donors (Lipinski definition) is 3. The van der Waals surface area contributed by atoms with E-state index in [1.165, 1.54) is 0 Å². The van der Waals surface area contributed by atoms with Crippen LogP contribution < -0.4 is 10.6 Å². The standard InChI is InChI=1S/C8H13N3O3/c1-3-8(2,4-12)11-7-9-5(13)6(14)10-7/h12H,3-4H2,1-2H3,(H2,9,10,11,13,14). The molecule has 1 aliphatic heterocycles. The minimum absolute atomic E-state index is 0.110. The number of amides is 2. The number of nitrogens with zero attached hydrogens (tertiary/aromatic N) is 1. The molecule has 1 heterocycles. The van der Waals surface area contributed by atoms with Gasteiger partial charge in [-0.15, -0.1) is 0 Å². The van der Waals surface area contributed by atoms with Crippen LogP contribution in [0.5, 0.6) is 0 Å². The van der Waals surface area contributed by atoms with E-state index in [0.29, 0.717) is 6.42 Å². The monoisotopic (exact) mass is 199 g/mol. The van der Waals surface area contributed by atoms with Gasteiger partial charge in [-0.3, -0.25) is 20.2 Å². The Labute approximate surface area is 81.4 Å². The summed E-state index contributed by atoms with van der Waals surface area (Å²) in [6.45, 7) is 3.45. The highest BCUT2D eigenvalue weighted by Gasteiger charge is 2.28. The fourth-order valence-corrected chi connectivity index (χ4v) is 0.912. The second kappa shape index (κ2) is 3.75. The summed E-state index contributed by atoms with van der Waals surface area (Å²) in [6, 6.07) is 0. The summed E-state index contributed by atoms with van der Waals surface area (Å²) in [5.74, 6) is -1.33. The lowest BCUT2D eigenvalue weighted by Crippen LogP contribution is -2.34. The summed E-state index contributed by atoms with van der Waals surface area (Å²) in [5.41, 5.74) is -0.666. The normalized spacial score (nSPS) is 20.1. The maximum Gasteiger partial charge on any atom is 0.316 e. The SMILES string of the molecule is CCC(C)(CO)N=C1NC(=O)C(=O)N1. The van der Waals surface area contributed by atoms with Gasteiger partial charge < -0.3 is 5.11 Å². The van der Waals surface area contributed by atoms with Gasteiger partial charge in [-0.05, 0) is 13.3 Å². The zero-order valence-electron chi connectivity index (χ0n) is 8.13. The fourth-order valence-electron chi connectivity index (χ4n) is 0.912. The molecule has 0 spiro atoms. The second-order valence-corrected chi connectivity index (χ2v) is 3.38. The largest absolute Gasteiger partial charge is 0.394 e. The van der Waals surface area contributed by atoms with Crippen molar-refractivity contribution in [1.29, 1.82) is 0 Å². The van der Waals surface area contributed by atoms with Crippen LogP contribution in [0.25, 0.3) is 0 Å². The van der Waals surface area contributed by atoms with Gasteiger partial charge in [-0.25, -0.2) is 4.99 Å². The second-order valence-electron chi connectivity index (χ2n) is 3.38. The molecular weight excluding hydrogens is 186 g/mol. The van der Waals surface area contributed by atoms with Crippen molar-refractivity contribution in [1.82, 2.24) is 10.6 Å². The van der Waals surface area contributed by atoms with Crippen LogP contribution in [-0.4, -0.2) is 35.0 Å². The maximum absolute atomic E-state index is 10.8. The molecule has 0 radical (unpaired) electrons. The Bertz CT molecular complexity index is 276. The Morgan fingerprint density at radius 1 is 1.36 bits per heavy atom. The number of hydrogen-bond acceptors (Lipinski definition) is 4. The quantitative estimate of drug-likeness (QED) is 0.496. The summed E-state index contributed by atoms with van der Waals surface area (Å²) in [7, 11) is 0. The van der Waals surface area contributed by atoms with Crippen molar-refractivity contribution in [2.45, 2.75) is 25.8 Å². The van der Waals surface area contributed by atoms with Crippen molar-refractivity contribution in [3.8, 4) is 0 Å². The van der Waals surface area contributed by atoms with Crippen molar-refractivity contribution in [2.75, 3.05) is 6.61 Å². The smallest absolute Gasteiger partial charge is 0.316 e. The molecule has 1 unspecified atom stereocenters. The molecule has 1 aliphatic rings. The van der Waals surface area contributed by atoms with E-state index in [0.717, 1.165) is 0 Å². The number of aliphatic imine (C=N–C) groups is 1. The predicted octanol–water partition coefficient (Wildman–Crippen LogP) is -1.25. The molecule has 0 bridgehead atoms. The van der Waals surface area contributed by atoms with Gasteiger partial charge in [-0.1, -0.05) is 6.92 Å². The van der Waals surface area contributed by atoms with Gasteiger partial charge in [-0.2, -0.15) is 0 Å². The summed E-state index contributed by atoms with van der Waals surface area (Å²) < 4.78 is 0. The van der Waals surface area contributed by atoms with E-state index in [1.807, 2.05) is 6.92 Å². The van der Waals surface area contributed by atoms with Crippen molar-refractivity contribution >= 4 is 17.8 Å². The molecule has 1 fully saturated rings. The first-order chi connectivity index (χ1) is 6.50. The lowest BCUT2D eigenvalue weighted by atomic mass is 10.0. The number of rotatable bonds is 3. The molecule has 2 amide bonds. The molecule has 1 atom stereocenters. The Hall–Kier alpha value is -1.43. The third kappa shape index (κ3) is 2.08. The van der Waals surface area contributed by atoms with Crippen molar-refractivity contribution in [3.63, 3.8) is 0 Å². The molecule has 0 aromatic rings. The number of aliphatic hydroxyl groups excluding tert-OH is 1. The first-order valence-electron chi connectivity index (χ1n) is 4.34. The maximum atomic E-state index is 10.8. The summed E-state index contributed by atoms with van der Waals surface area (Å²) in [4.78, 5) is 25.6. The molecule has 6 nitrogen and oxygen atoms in total. The average Bonchev–Trinajstić information content (AvgIpc) is 2.45. The Morgan fingerprint density at radius 2 is 1.86 bits per heavy atom. The highest BCUT2D eigenvalue weighted by molar-refractivity contribution is 6.45. The molecule has 1 saturated heterocycles. The van der Waals surface area contributed by atoms with Gasteiger partial charge in [0, 0.05) is 0 Å². The summed E-state index contributed by atoms with van der Waals surface area (Å²) in [6.07, 6.45) is 0.610. The number of carbonyl (C=O) groups is 2. The van der Waals surface area contributed by atoms with Crippen LogP contribution in [0.3, 0.4) is 0 Å². The molecule has 6 heteroatoms. The Balaban J connectivity index is 2.79. The molecule has 0 aromatic heterocycles. The molecule has 14 heavy (non-hydrogen) atoms. The van der Waals surface area contributed by atoms with Gasteiger partial charge in [0.05, 0.1) is 12.1 Å². The zero-order valence-corrected chi connectivity index (χ0v) is 8.13. The molecule has 0 aliphatic carbocycles. The lowest BCUT2D eigenvalue weighted by molar-refractivity contribution is -0.135. The Morgan fingerprint density at radius 3 is 2.21 bits per heavy atom. The van der Waals surface area contributed by atoms with Gasteiger partial charge >= 0.3 is 11.8 Å². The van der Waals surface area contributed by atoms with Crippen LogP contribution >= 0.6 is 0 Å². The number of guanidine groups is 1. The molecule has 0 saturated carbocycles. The third-order valence-electron chi connectivity index (χ3n) is 2.15. The van der Waals surface area contributed by atoms with E-state index in [9.17, 15) is 9.59 Å². The first kappa shape index (κ1) is 10.6. The highest BCUT2D eigenvalue weighted by atomic mass is 16.3. The van der Waals surface area contributed by atoms with Gasteiger partial charge in [0.25, 0.3) is 0 Å². The minimum atomic E-state index is -0.722. The van der Waals surface area contributed by atoms with Crippen LogP contribution in [0.1, 0.15) is 20.3 Å². The van der Waals surface area contributed by atoms with Gasteiger partial charge in [0.2, 0.25) is 5.96 Å². The van der Waals surface area contributed by atoms with E-state index in [1.54, 1.807) is 6.92 Å². The Kier molecular flexibility index (Phi) is 2.85. The van der Waals surface area contributed by atoms with Crippen molar-refractivity contribution in [2.24, 2.45) is 4.99 Å². The summed E-state index contributed by atoms with van der Waals surface area (Å²) >= 11 is 0. The zero-order chi connectivity index (χ0) is 10.8. The predicted molar refractivity (Wildman–Crippen MR) is 49.5 cm³/mol. The van der Waals surface area contributed by atoms with E-state index in [2.05, 4.69) is 15.6 Å². The van der Waals surface area contributed by atoms with Crippen LogP contribution in [0.4, 0.5) is 0 Å². The van der Waals surface area contributed by atoms with Crippen molar-refractivity contribution < 1.29 is 14.7 Å².